The fourth-order valence-corrected chi connectivity index (χ4v) is 3.93. The number of para-hydroxylation sites is 1. The average molecular weight is 444 g/mol. The molecule has 0 saturated heterocycles. The summed E-state index contributed by atoms with van der Waals surface area (Å²) in [6.45, 7) is 4.14. The van der Waals surface area contributed by atoms with E-state index in [1.165, 1.54) is 9.47 Å². The Balaban J connectivity index is 1.87. The number of H-pyrrole nitrogens is 1. The van der Waals surface area contributed by atoms with Crippen molar-refractivity contribution in [3.05, 3.63) is 98.3 Å². The van der Waals surface area contributed by atoms with Crippen molar-refractivity contribution in [3.8, 4) is 0 Å². The summed E-state index contributed by atoms with van der Waals surface area (Å²) in [5.74, 6) is -0.426. The van der Waals surface area contributed by atoms with Gasteiger partial charge in [-0.2, -0.15) is 0 Å². The van der Waals surface area contributed by atoms with Gasteiger partial charge in [-0.15, -0.1) is 0 Å². The van der Waals surface area contributed by atoms with E-state index in [0.29, 0.717) is 28.6 Å². The molecule has 0 spiro atoms. The Morgan fingerprint density at radius 2 is 1.79 bits per heavy atom. The predicted octanol–water partition coefficient (Wildman–Crippen LogP) is 3.08. The molecule has 3 N–H and O–H groups in total. The van der Waals surface area contributed by atoms with Crippen molar-refractivity contribution in [2.45, 2.75) is 26.8 Å². The Labute approximate surface area is 190 Å². The van der Waals surface area contributed by atoms with Crippen LogP contribution in [0.1, 0.15) is 35.0 Å². The second kappa shape index (κ2) is 9.12. The highest BCUT2D eigenvalue weighted by atomic mass is 16.2. The third-order valence-corrected chi connectivity index (χ3v) is 5.43. The topological polar surface area (TPSA) is 114 Å². The van der Waals surface area contributed by atoms with Gasteiger partial charge in [-0.05, 0) is 31.0 Å². The first-order valence-electron chi connectivity index (χ1n) is 10.8. The van der Waals surface area contributed by atoms with Crippen LogP contribution in [0.15, 0.2) is 70.3 Å². The third-order valence-electron chi connectivity index (χ3n) is 5.43. The van der Waals surface area contributed by atoms with Crippen molar-refractivity contribution in [3.63, 3.8) is 0 Å². The van der Waals surface area contributed by atoms with Crippen LogP contribution >= 0.6 is 0 Å². The number of hydrogen-bond donors (Lipinski definition) is 2. The fourth-order valence-electron chi connectivity index (χ4n) is 3.93. The Kier molecular flexibility index (Phi) is 6.08. The van der Waals surface area contributed by atoms with Gasteiger partial charge < -0.3 is 10.6 Å². The van der Waals surface area contributed by atoms with E-state index in [2.05, 4.69) is 9.97 Å². The molecule has 0 atom stereocenters. The van der Waals surface area contributed by atoms with Crippen molar-refractivity contribution in [2.24, 2.45) is 0 Å². The number of aromatic amines is 1. The highest BCUT2D eigenvalue weighted by molar-refractivity contribution is 6.14. The SMILES string of the molecule is CCCN(C(=O)c1cc(C)nc2ccccc12)c1c(N)n(Cc2ccccc2)c(=O)[nH]c1=O. The van der Waals surface area contributed by atoms with Crippen LogP contribution in [-0.2, 0) is 6.54 Å². The van der Waals surface area contributed by atoms with Crippen LogP contribution in [0.5, 0.6) is 0 Å². The fraction of sp³-hybridized carbons (Fsp3) is 0.200. The number of nitrogens with two attached hydrogens (primary N) is 1. The summed E-state index contributed by atoms with van der Waals surface area (Å²) in [4.78, 5) is 47.4. The highest BCUT2D eigenvalue weighted by Crippen LogP contribution is 2.25. The first kappa shape index (κ1) is 22.0. The number of carbonyl (C=O) groups is 1. The molecule has 0 saturated carbocycles. The minimum atomic E-state index is -0.696. The molecular formula is C25H25N5O3. The zero-order chi connectivity index (χ0) is 23.5. The second-order valence-corrected chi connectivity index (χ2v) is 7.85. The van der Waals surface area contributed by atoms with Crippen LogP contribution in [0.25, 0.3) is 10.9 Å². The Morgan fingerprint density at radius 3 is 2.52 bits per heavy atom. The van der Waals surface area contributed by atoms with E-state index < -0.39 is 11.2 Å². The summed E-state index contributed by atoms with van der Waals surface area (Å²) in [6.07, 6.45) is 0.588. The molecule has 0 fully saturated rings. The monoisotopic (exact) mass is 443 g/mol. The lowest BCUT2D eigenvalue weighted by Crippen LogP contribution is -2.41. The minimum Gasteiger partial charge on any atom is -0.383 e. The molecule has 0 unspecified atom stereocenters. The summed E-state index contributed by atoms with van der Waals surface area (Å²) in [5.41, 5.74) is 7.64. The molecule has 1 amide bonds. The lowest BCUT2D eigenvalue weighted by molar-refractivity contribution is 0.0988. The number of nitrogens with one attached hydrogen (secondary N) is 1. The Hall–Kier alpha value is -4.20. The molecule has 0 bridgehead atoms. The molecule has 33 heavy (non-hydrogen) atoms. The van der Waals surface area contributed by atoms with E-state index in [9.17, 15) is 14.4 Å². The number of hydrogen-bond acceptors (Lipinski definition) is 5. The lowest BCUT2D eigenvalue weighted by Gasteiger charge is -2.25. The molecule has 4 aromatic rings. The molecule has 0 aliphatic heterocycles. The number of anilines is 2. The number of pyridine rings is 1. The van der Waals surface area contributed by atoms with Crippen LogP contribution < -0.4 is 21.9 Å². The molecule has 8 nitrogen and oxygen atoms in total. The number of fused-ring (bicyclic) bond motifs is 1. The number of carbonyl (C=O) groups excluding carboxylic acids is 1. The first-order valence-corrected chi connectivity index (χ1v) is 10.8. The summed E-state index contributed by atoms with van der Waals surface area (Å²) < 4.78 is 1.28. The summed E-state index contributed by atoms with van der Waals surface area (Å²) >= 11 is 0. The molecular weight excluding hydrogens is 418 g/mol. The largest absolute Gasteiger partial charge is 0.383 e. The van der Waals surface area contributed by atoms with Crippen LogP contribution in [0, 0.1) is 6.92 Å². The maximum atomic E-state index is 13.8. The third kappa shape index (κ3) is 4.27. The lowest BCUT2D eigenvalue weighted by atomic mass is 10.1. The van der Waals surface area contributed by atoms with Gasteiger partial charge in [-0.1, -0.05) is 55.5 Å². The number of amides is 1. The van der Waals surface area contributed by atoms with E-state index in [1.54, 1.807) is 6.07 Å². The molecule has 2 aromatic carbocycles. The van der Waals surface area contributed by atoms with Crippen LogP contribution in [0.4, 0.5) is 11.5 Å². The molecule has 8 heteroatoms. The van der Waals surface area contributed by atoms with Gasteiger partial charge in [0, 0.05) is 17.6 Å². The van der Waals surface area contributed by atoms with E-state index in [-0.39, 0.29) is 30.5 Å². The maximum absolute atomic E-state index is 13.8. The molecule has 0 radical (unpaired) electrons. The van der Waals surface area contributed by atoms with E-state index >= 15 is 0 Å². The first-order chi connectivity index (χ1) is 15.9. The zero-order valence-corrected chi connectivity index (χ0v) is 18.5. The van der Waals surface area contributed by atoms with E-state index in [4.69, 9.17) is 5.73 Å². The summed E-state index contributed by atoms with van der Waals surface area (Å²) in [5, 5.41) is 0.682. The van der Waals surface area contributed by atoms with Gasteiger partial charge in [0.25, 0.3) is 11.5 Å². The highest BCUT2D eigenvalue weighted by Gasteiger charge is 2.26. The second-order valence-electron chi connectivity index (χ2n) is 7.85. The summed E-state index contributed by atoms with van der Waals surface area (Å²) in [6, 6.07) is 18.4. The zero-order valence-electron chi connectivity index (χ0n) is 18.5. The van der Waals surface area contributed by atoms with Crippen molar-refractivity contribution in [2.75, 3.05) is 17.2 Å². The van der Waals surface area contributed by atoms with Crippen molar-refractivity contribution >= 4 is 28.3 Å². The van der Waals surface area contributed by atoms with E-state index in [1.807, 2.05) is 68.4 Å². The van der Waals surface area contributed by atoms with Gasteiger partial charge in [0.05, 0.1) is 17.6 Å². The molecule has 2 aromatic heterocycles. The van der Waals surface area contributed by atoms with Crippen LogP contribution in [0.3, 0.4) is 0 Å². The molecule has 0 aliphatic rings. The standard InChI is InChI=1S/C25H25N5O3/c1-3-13-29(24(32)19-14-16(2)27-20-12-8-7-11-18(19)20)21-22(26)30(25(33)28-23(21)31)15-17-9-5-4-6-10-17/h4-12,14H,3,13,15,26H2,1-2H3,(H,28,31,33). The number of aryl methyl sites for hydroxylation is 1. The number of rotatable bonds is 6. The number of aromatic nitrogens is 3. The van der Waals surface area contributed by atoms with E-state index in [0.717, 1.165) is 5.56 Å². The Morgan fingerprint density at radius 1 is 1.09 bits per heavy atom. The van der Waals surface area contributed by atoms with Gasteiger partial charge in [0.2, 0.25) is 0 Å². The van der Waals surface area contributed by atoms with Gasteiger partial charge >= 0.3 is 5.69 Å². The van der Waals surface area contributed by atoms with Crippen molar-refractivity contribution in [1.29, 1.82) is 0 Å². The average Bonchev–Trinajstić information content (AvgIpc) is 2.80. The summed E-state index contributed by atoms with van der Waals surface area (Å²) in [7, 11) is 0. The molecule has 0 aliphatic carbocycles. The molecule has 4 rings (SSSR count). The Bertz CT molecular complexity index is 1440. The van der Waals surface area contributed by atoms with Gasteiger partial charge in [0.15, 0.2) is 5.69 Å². The normalized spacial score (nSPS) is 11.0. The molecule has 2 heterocycles. The molecule has 168 valence electrons. The van der Waals surface area contributed by atoms with Gasteiger partial charge in [0.1, 0.15) is 5.82 Å². The maximum Gasteiger partial charge on any atom is 0.330 e. The van der Waals surface area contributed by atoms with Crippen LogP contribution in [0.2, 0.25) is 0 Å². The number of nitrogens with zero attached hydrogens (tertiary/aromatic N) is 3. The van der Waals surface area contributed by atoms with Gasteiger partial charge in [-0.25, -0.2) is 4.79 Å². The number of benzene rings is 2. The van der Waals surface area contributed by atoms with Crippen LogP contribution in [-0.4, -0.2) is 27.0 Å². The van der Waals surface area contributed by atoms with Gasteiger partial charge in [-0.3, -0.25) is 24.1 Å². The number of nitrogen functional groups attached to an aromatic ring is 1. The van der Waals surface area contributed by atoms with Crippen molar-refractivity contribution < 1.29 is 4.79 Å². The predicted molar refractivity (Wildman–Crippen MR) is 130 cm³/mol. The minimum absolute atomic E-state index is 0.0315. The van der Waals surface area contributed by atoms with Crippen molar-refractivity contribution in [1.82, 2.24) is 14.5 Å². The smallest absolute Gasteiger partial charge is 0.330 e. The quantitative estimate of drug-likeness (QED) is 0.475.